The Hall–Kier alpha value is -2.43. The average molecular weight is 275 g/mol. The van der Waals surface area contributed by atoms with Gasteiger partial charge in [-0.15, -0.1) is 0 Å². The predicted octanol–water partition coefficient (Wildman–Crippen LogP) is 3.66. The number of hydrogen-bond acceptors (Lipinski definition) is 3. The molecule has 1 aromatic heterocycles. The zero-order valence-corrected chi connectivity index (χ0v) is 11.0. The summed E-state index contributed by atoms with van der Waals surface area (Å²) in [5.74, 6) is -1.66. The van der Waals surface area contributed by atoms with Gasteiger partial charge in [-0.25, -0.2) is 14.2 Å². The number of carboxylic acids is 1. The number of halogens is 1. The van der Waals surface area contributed by atoms with Crippen LogP contribution in [0.2, 0.25) is 0 Å². The van der Waals surface area contributed by atoms with Crippen LogP contribution in [0.3, 0.4) is 0 Å². The largest absolute Gasteiger partial charge is 0.477 e. The normalized spacial score (nSPS) is 10.3. The van der Waals surface area contributed by atoms with Crippen LogP contribution in [0.1, 0.15) is 29.3 Å². The third-order valence-electron chi connectivity index (χ3n) is 2.72. The van der Waals surface area contributed by atoms with Gasteiger partial charge in [0.1, 0.15) is 17.1 Å². The van der Waals surface area contributed by atoms with Gasteiger partial charge in [-0.05, 0) is 30.2 Å². The van der Waals surface area contributed by atoms with E-state index < -0.39 is 11.8 Å². The number of nitrogens with zero attached hydrogens (tertiary/aromatic N) is 1. The van der Waals surface area contributed by atoms with Crippen LogP contribution >= 0.6 is 0 Å². The monoisotopic (exact) mass is 275 g/mol. The summed E-state index contributed by atoms with van der Waals surface area (Å²) in [5, 5.41) is 9.00. The summed E-state index contributed by atoms with van der Waals surface area (Å²) < 4.78 is 18.4. The summed E-state index contributed by atoms with van der Waals surface area (Å²) in [4.78, 5) is 14.7. The Balaban J connectivity index is 2.23. The number of aromatic carboxylic acids is 1. The Kier molecular flexibility index (Phi) is 4.30. The highest BCUT2D eigenvalue weighted by molar-refractivity contribution is 5.90. The lowest BCUT2D eigenvalue weighted by Crippen LogP contribution is -2.03. The lowest BCUT2D eigenvalue weighted by Gasteiger charge is -2.08. The highest BCUT2D eigenvalue weighted by Gasteiger charge is 2.15. The van der Waals surface area contributed by atoms with E-state index in [1.165, 1.54) is 5.56 Å². The van der Waals surface area contributed by atoms with Crippen molar-refractivity contribution in [3.63, 3.8) is 0 Å². The molecule has 0 unspecified atom stereocenters. The lowest BCUT2D eigenvalue weighted by atomic mass is 10.1. The van der Waals surface area contributed by atoms with Gasteiger partial charge in [-0.2, -0.15) is 0 Å². The van der Waals surface area contributed by atoms with Crippen LogP contribution in [0.25, 0.3) is 0 Å². The molecule has 5 heteroatoms. The number of carbonyl (C=O) groups is 1. The standard InChI is InChI=1S/C15H14FNO3/c1-2-3-10-4-6-12(7-5-10)20-14-13(15(18)19)8-11(16)9-17-14/h4-9H,2-3H2,1H3,(H,18,19). The molecule has 0 aliphatic carbocycles. The summed E-state index contributed by atoms with van der Waals surface area (Å²) in [7, 11) is 0. The van der Waals surface area contributed by atoms with Crippen molar-refractivity contribution < 1.29 is 19.0 Å². The average Bonchev–Trinajstić information content (AvgIpc) is 2.43. The molecule has 0 spiro atoms. The molecule has 2 rings (SSSR count). The minimum Gasteiger partial charge on any atom is -0.477 e. The molecule has 20 heavy (non-hydrogen) atoms. The maximum atomic E-state index is 13.0. The predicted molar refractivity (Wildman–Crippen MR) is 71.7 cm³/mol. The number of aryl methyl sites for hydroxylation is 1. The van der Waals surface area contributed by atoms with Crippen LogP contribution in [0.15, 0.2) is 36.5 Å². The Morgan fingerprint density at radius 3 is 2.65 bits per heavy atom. The molecular formula is C15H14FNO3. The number of carboxylic acid groups (broad SMARTS) is 1. The first kappa shape index (κ1) is 14.0. The van der Waals surface area contributed by atoms with E-state index in [4.69, 9.17) is 9.84 Å². The van der Waals surface area contributed by atoms with Gasteiger partial charge in [0.05, 0.1) is 6.20 Å². The second-order valence-corrected chi connectivity index (χ2v) is 4.31. The summed E-state index contributed by atoms with van der Waals surface area (Å²) >= 11 is 0. The number of rotatable bonds is 5. The molecule has 1 heterocycles. The molecule has 0 fully saturated rings. The SMILES string of the molecule is CCCc1ccc(Oc2ncc(F)cc2C(=O)O)cc1. The number of benzene rings is 1. The molecular weight excluding hydrogens is 261 g/mol. The van der Waals surface area contributed by atoms with Gasteiger partial charge in [0, 0.05) is 0 Å². The zero-order valence-electron chi connectivity index (χ0n) is 11.0. The van der Waals surface area contributed by atoms with Gasteiger partial charge in [0.2, 0.25) is 5.88 Å². The fourth-order valence-electron chi connectivity index (χ4n) is 1.79. The lowest BCUT2D eigenvalue weighted by molar-refractivity contribution is 0.0692. The molecule has 2 aromatic rings. The van der Waals surface area contributed by atoms with E-state index in [-0.39, 0.29) is 11.4 Å². The molecule has 0 atom stereocenters. The first-order valence-corrected chi connectivity index (χ1v) is 6.25. The van der Waals surface area contributed by atoms with Crippen LogP contribution < -0.4 is 4.74 Å². The molecule has 1 aromatic carbocycles. The molecule has 104 valence electrons. The van der Waals surface area contributed by atoms with Crippen LogP contribution in [0.4, 0.5) is 4.39 Å². The van der Waals surface area contributed by atoms with Crippen LogP contribution in [0.5, 0.6) is 11.6 Å². The van der Waals surface area contributed by atoms with Crippen molar-refractivity contribution in [3.05, 3.63) is 53.5 Å². The van der Waals surface area contributed by atoms with Gasteiger partial charge in [-0.1, -0.05) is 25.5 Å². The number of hydrogen-bond donors (Lipinski definition) is 1. The van der Waals surface area contributed by atoms with Crippen molar-refractivity contribution in [1.29, 1.82) is 0 Å². The first-order chi connectivity index (χ1) is 9.60. The van der Waals surface area contributed by atoms with E-state index in [1.54, 1.807) is 12.1 Å². The summed E-state index contributed by atoms with van der Waals surface area (Å²) in [6.07, 6.45) is 2.94. The fraction of sp³-hybridized carbons (Fsp3) is 0.200. The molecule has 4 nitrogen and oxygen atoms in total. The molecule has 0 amide bonds. The smallest absolute Gasteiger partial charge is 0.341 e. The second-order valence-electron chi connectivity index (χ2n) is 4.31. The van der Waals surface area contributed by atoms with E-state index in [0.29, 0.717) is 5.75 Å². The Morgan fingerprint density at radius 2 is 2.05 bits per heavy atom. The number of aromatic nitrogens is 1. The second kappa shape index (κ2) is 6.14. The first-order valence-electron chi connectivity index (χ1n) is 6.25. The summed E-state index contributed by atoms with van der Waals surface area (Å²) in [5.41, 5.74) is 0.869. The molecule has 1 N–H and O–H groups in total. The van der Waals surface area contributed by atoms with Crippen molar-refractivity contribution in [1.82, 2.24) is 4.98 Å². The van der Waals surface area contributed by atoms with Gasteiger partial charge < -0.3 is 9.84 Å². The Labute approximate surface area is 115 Å². The van der Waals surface area contributed by atoms with Crippen molar-refractivity contribution >= 4 is 5.97 Å². The van der Waals surface area contributed by atoms with Crippen molar-refractivity contribution in [3.8, 4) is 11.6 Å². The van der Waals surface area contributed by atoms with Crippen molar-refractivity contribution in [2.75, 3.05) is 0 Å². The summed E-state index contributed by atoms with van der Waals surface area (Å²) in [6.45, 7) is 2.09. The maximum Gasteiger partial charge on any atom is 0.341 e. The number of pyridine rings is 1. The van der Waals surface area contributed by atoms with Gasteiger partial charge in [0.15, 0.2) is 0 Å². The summed E-state index contributed by atoms with van der Waals surface area (Å²) in [6, 6.07) is 8.17. The zero-order chi connectivity index (χ0) is 14.5. The van der Waals surface area contributed by atoms with E-state index in [9.17, 15) is 9.18 Å². The third-order valence-corrected chi connectivity index (χ3v) is 2.72. The molecule has 0 saturated heterocycles. The fourth-order valence-corrected chi connectivity index (χ4v) is 1.79. The molecule has 0 aliphatic heterocycles. The minimum absolute atomic E-state index is 0.123. The van der Waals surface area contributed by atoms with Crippen LogP contribution in [-0.4, -0.2) is 16.1 Å². The van der Waals surface area contributed by atoms with E-state index >= 15 is 0 Å². The third kappa shape index (κ3) is 3.32. The van der Waals surface area contributed by atoms with Crippen molar-refractivity contribution in [2.24, 2.45) is 0 Å². The van der Waals surface area contributed by atoms with Gasteiger partial charge >= 0.3 is 5.97 Å². The topological polar surface area (TPSA) is 59.4 Å². The van der Waals surface area contributed by atoms with Crippen LogP contribution in [-0.2, 0) is 6.42 Å². The Bertz CT molecular complexity index is 611. The van der Waals surface area contributed by atoms with Crippen molar-refractivity contribution in [2.45, 2.75) is 19.8 Å². The highest BCUT2D eigenvalue weighted by atomic mass is 19.1. The quantitative estimate of drug-likeness (QED) is 0.904. The van der Waals surface area contributed by atoms with Crippen LogP contribution in [0, 0.1) is 5.82 Å². The van der Waals surface area contributed by atoms with E-state index in [0.717, 1.165) is 25.1 Å². The van der Waals surface area contributed by atoms with Gasteiger partial charge in [-0.3, -0.25) is 0 Å². The maximum absolute atomic E-state index is 13.0. The van der Waals surface area contributed by atoms with Gasteiger partial charge in [0.25, 0.3) is 0 Å². The van der Waals surface area contributed by atoms with E-state index in [1.807, 2.05) is 12.1 Å². The van der Waals surface area contributed by atoms with E-state index in [2.05, 4.69) is 11.9 Å². The number of ether oxygens (including phenoxy) is 1. The molecule has 0 bridgehead atoms. The molecule has 0 radical (unpaired) electrons. The molecule has 0 aliphatic rings. The minimum atomic E-state index is -1.28. The molecule has 0 saturated carbocycles. The Morgan fingerprint density at radius 1 is 1.35 bits per heavy atom. The highest BCUT2D eigenvalue weighted by Crippen LogP contribution is 2.24.